The van der Waals surface area contributed by atoms with Gasteiger partial charge < -0.3 is 0 Å². The average molecular weight is 255 g/mol. The Morgan fingerprint density at radius 1 is 1.47 bits per heavy atom. The van der Waals surface area contributed by atoms with Crippen LogP contribution < -0.4 is 0 Å². The van der Waals surface area contributed by atoms with Crippen molar-refractivity contribution < 1.29 is 4.39 Å². The molecule has 1 aliphatic carbocycles. The smallest absolute Gasteiger partial charge is 0.129 e. The van der Waals surface area contributed by atoms with E-state index in [1.54, 1.807) is 0 Å². The van der Waals surface area contributed by atoms with Crippen molar-refractivity contribution >= 4 is 11.6 Å². The van der Waals surface area contributed by atoms with Gasteiger partial charge in [-0.2, -0.15) is 0 Å². The first-order valence-electron chi connectivity index (χ1n) is 6.08. The second-order valence-corrected chi connectivity index (χ2v) is 5.89. The summed E-state index contributed by atoms with van der Waals surface area (Å²) in [4.78, 5) is 6.49. The van der Waals surface area contributed by atoms with Crippen molar-refractivity contribution in [2.24, 2.45) is 5.41 Å². The van der Waals surface area contributed by atoms with Gasteiger partial charge in [-0.1, -0.05) is 17.7 Å². The molecule has 0 aromatic carbocycles. The second-order valence-electron chi connectivity index (χ2n) is 5.50. The quantitative estimate of drug-likeness (QED) is 0.754. The van der Waals surface area contributed by atoms with E-state index in [9.17, 15) is 4.39 Å². The van der Waals surface area contributed by atoms with Crippen LogP contribution in [0.1, 0.15) is 31.4 Å². The summed E-state index contributed by atoms with van der Waals surface area (Å²) in [5.41, 5.74) is 1.48. The summed E-state index contributed by atoms with van der Waals surface area (Å²) in [6.07, 6.45) is 2.80. The molecule has 17 heavy (non-hydrogen) atoms. The SMILES string of the molecule is CC(c1ccc(Cl)nc1)N1CC2(CC(F)C2)C1. The molecule has 0 bridgehead atoms. The highest BCUT2D eigenvalue weighted by molar-refractivity contribution is 6.29. The van der Waals surface area contributed by atoms with Crippen LogP contribution in [0, 0.1) is 5.41 Å². The van der Waals surface area contributed by atoms with Gasteiger partial charge in [-0.25, -0.2) is 9.37 Å². The van der Waals surface area contributed by atoms with Crippen LogP contribution in [0.3, 0.4) is 0 Å². The molecule has 2 aliphatic rings. The number of pyridine rings is 1. The third-order valence-electron chi connectivity index (χ3n) is 4.17. The van der Waals surface area contributed by atoms with Crippen LogP contribution >= 0.6 is 11.6 Å². The van der Waals surface area contributed by atoms with E-state index in [2.05, 4.69) is 16.8 Å². The number of hydrogen-bond donors (Lipinski definition) is 0. The van der Waals surface area contributed by atoms with Crippen molar-refractivity contribution in [1.82, 2.24) is 9.88 Å². The Morgan fingerprint density at radius 2 is 2.18 bits per heavy atom. The molecule has 2 heterocycles. The fraction of sp³-hybridized carbons (Fsp3) is 0.615. The first kappa shape index (κ1) is 11.4. The molecule has 0 amide bonds. The summed E-state index contributed by atoms with van der Waals surface area (Å²) in [5, 5.41) is 0.528. The Hall–Kier alpha value is -0.670. The minimum absolute atomic E-state index is 0.299. The van der Waals surface area contributed by atoms with Gasteiger partial charge in [0.2, 0.25) is 0 Å². The summed E-state index contributed by atoms with van der Waals surface area (Å²) in [6.45, 7) is 4.22. The number of hydrogen-bond acceptors (Lipinski definition) is 2. The maximum Gasteiger partial charge on any atom is 0.129 e. The zero-order valence-electron chi connectivity index (χ0n) is 9.87. The molecule has 3 rings (SSSR count). The van der Waals surface area contributed by atoms with E-state index in [0.717, 1.165) is 25.9 Å². The fourth-order valence-electron chi connectivity index (χ4n) is 3.07. The molecular weight excluding hydrogens is 239 g/mol. The standard InChI is InChI=1S/C13H16ClFN2/c1-9(10-2-3-12(14)16-6-10)17-7-13(8-17)4-11(15)5-13/h2-3,6,9,11H,4-5,7-8H2,1H3. The number of aromatic nitrogens is 1. The average Bonchev–Trinajstić information content (AvgIpc) is 2.21. The number of rotatable bonds is 2. The van der Waals surface area contributed by atoms with Crippen molar-refractivity contribution in [2.75, 3.05) is 13.1 Å². The van der Waals surface area contributed by atoms with Crippen molar-refractivity contribution in [2.45, 2.75) is 32.0 Å². The van der Waals surface area contributed by atoms with E-state index in [-0.39, 0.29) is 0 Å². The molecule has 1 atom stereocenters. The topological polar surface area (TPSA) is 16.1 Å². The first-order chi connectivity index (χ1) is 8.08. The Kier molecular flexibility index (Phi) is 2.64. The summed E-state index contributed by atoms with van der Waals surface area (Å²) in [5.74, 6) is 0. The summed E-state index contributed by atoms with van der Waals surface area (Å²) >= 11 is 5.77. The largest absolute Gasteiger partial charge is 0.295 e. The molecule has 0 radical (unpaired) electrons. The lowest BCUT2D eigenvalue weighted by atomic mass is 9.62. The second kappa shape index (κ2) is 3.92. The molecule has 1 unspecified atom stereocenters. The van der Waals surface area contributed by atoms with Crippen LogP contribution in [-0.4, -0.2) is 29.1 Å². The molecule has 1 spiro atoms. The molecule has 0 N–H and O–H groups in total. The summed E-state index contributed by atoms with van der Waals surface area (Å²) in [7, 11) is 0. The van der Waals surface area contributed by atoms with Gasteiger partial charge in [0.05, 0.1) is 0 Å². The Balaban J connectivity index is 1.61. The summed E-state index contributed by atoms with van der Waals surface area (Å²) < 4.78 is 12.9. The Labute approximate surface area is 106 Å². The molecular formula is C13H16ClFN2. The third-order valence-corrected chi connectivity index (χ3v) is 4.39. The highest BCUT2D eigenvalue weighted by atomic mass is 35.5. The minimum atomic E-state index is -0.551. The molecule has 4 heteroatoms. The van der Waals surface area contributed by atoms with Crippen molar-refractivity contribution in [3.63, 3.8) is 0 Å². The lowest BCUT2D eigenvalue weighted by Crippen LogP contribution is -2.63. The Bertz CT molecular complexity index is 406. The van der Waals surface area contributed by atoms with E-state index in [0.29, 0.717) is 16.6 Å². The lowest BCUT2D eigenvalue weighted by Gasteiger charge is -2.59. The molecule has 1 saturated heterocycles. The predicted octanol–water partition coefficient (Wildman–Crippen LogP) is 3.23. The molecule has 1 aromatic heterocycles. The molecule has 92 valence electrons. The van der Waals surface area contributed by atoms with Crippen LogP contribution in [0.5, 0.6) is 0 Å². The van der Waals surface area contributed by atoms with Crippen LogP contribution in [0.4, 0.5) is 4.39 Å². The first-order valence-corrected chi connectivity index (χ1v) is 6.45. The number of alkyl halides is 1. The van der Waals surface area contributed by atoms with Gasteiger partial charge in [-0.15, -0.1) is 0 Å². The fourth-order valence-corrected chi connectivity index (χ4v) is 3.18. The minimum Gasteiger partial charge on any atom is -0.295 e. The van der Waals surface area contributed by atoms with E-state index in [1.165, 1.54) is 5.56 Å². The third kappa shape index (κ3) is 1.95. The van der Waals surface area contributed by atoms with Crippen molar-refractivity contribution in [1.29, 1.82) is 0 Å². The normalized spacial score (nSPS) is 25.4. The zero-order valence-corrected chi connectivity index (χ0v) is 10.6. The van der Waals surface area contributed by atoms with Gasteiger partial charge in [-0.05, 0) is 31.4 Å². The maximum atomic E-state index is 12.9. The molecule has 2 fully saturated rings. The van der Waals surface area contributed by atoms with Crippen LogP contribution in [0.2, 0.25) is 5.15 Å². The van der Waals surface area contributed by atoms with Gasteiger partial charge >= 0.3 is 0 Å². The van der Waals surface area contributed by atoms with Crippen LogP contribution in [0.25, 0.3) is 0 Å². The van der Waals surface area contributed by atoms with Gasteiger partial charge in [-0.3, -0.25) is 4.90 Å². The molecule has 1 saturated carbocycles. The van der Waals surface area contributed by atoms with E-state index >= 15 is 0 Å². The van der Waals surface area contributed by atoms with Crippen LogP contribution in [0.15, 0.2) is 18.3 Å². The number of likely N-dealkylation sites (tertiary alicyclic amines) is 1. The van der Waals surface area contributed by atoms with Crippen molar-refractivity contribution in [3.05, 3.63) is 29.0 Å². The van der Waals surface area contributed by atoms with Crippen LogP contribution in [-0.2, 0) is 0 Å². The maximum absolute atomic E-state index is 12.9. The van der Waals surface area contributed by atoms with Gasteiger partial charge in [0, 0.05) is 30.7 Å². The van der Waals surface area contributed by atoms with Gasteiger partial charge in [0.25, 0.3) is 0 Å². The van der Waals surface area contributed by atoms with E-state index < -0.39 is 6.17 Å². The Morgan fingerprint density at radius 3 is 2.71 bits per heavy atom. The number of nitrogens with zero attached hydrogens (tertiary/aromatic N) is 2. The monoisotopic (exact) mass is 254 g/mol. The lowest BCUT2D eigenvalue weighted by molar-refractivity contribution is -0.117. The van der Waals surface area contributed by atoms with Gasteiger partial charge in [0.1, 0.15) is 11.3 Å². The van der Waals surface area contributed by atoms with Gasteiger partial charge in [0.15, 0.2) is 0 Å². The molecule has 1 aliphatic heterocycles. The highest BCUT2D eigenvalue weighted by Gasteiger charge is 2.53. The number of halogens is 2. The van der Waals surface area contributed by atoms with E-state index in [4.69, 9.17) is 11.6 Å². The molecule has 2 nitrogen and oxygen atoms in total. The zero-order chi connectivity index (χ0) is 12.0. The highest BCUT2D eigenvalue weighted by Crippen LogP contribution is 2.51. The van der Waals surface area contributed by atoms with Crippen molar-refractivity contribution in [3.8, 4) is 0 Å². The predicted molar refractivity (Wildman–Crippen MR) is 65.8 cm³/mol. The van der Waals surface area contributed by atoms with E-state index in [1.807, 2.05) is 18.3 Å². The summed E-state index contributed by atoms with van der Waals surface area (Å²) in [6, 6.07) is 4.19. The molecule has 1 aromatic rings.